The van der Waals surface area contributed by atoms with Gasteiger partial charge in [-0.05, 0) is 11.6 Å². The Morgan fingerprint density at radius 2 is 2.45 bits per heavy atom. The van der Waals surface area contributed by atoms with Crippen LogP contribution in [0.25, 0.3) is 6.08 Å². The van der Waals surface area contributed by atoms with Gasteiger partial charge in [-0.25, -0.2) is 4.79 Å². The minimum absolute atomic E-state index is 0.444. The summed E-state index contributed by atoms with van der Waals surface area (Å²) in [5.41, 5.74) is 1.08. The van der Waals surface area contributed by atoms with Gasteiger partial charge in [0, 0.05) is 11.3 Å². The standard InChI is InChI=1S/C8H6O2S/c9-8(10)7-4-5-2-1-3-6(5)11-7/h1-2,4H,3H2,(H,9,10). The molecule has 0 unspecified atom stereocenters. The van der Waals surface area contributed by atoms with Crippen LogP contribution in [-0.4, -0.2) is 11.1 Å². The van der Waals surface area contributed by atoms with Gasteiger partial charge in [-0.3, -0.25) is 0 Å². The predicted molar refractivity (Wildman–Crippen MR) is 44.0 cm³/mol. The van der Waals surface area contributed by atoms with Gasteiger partial charge in [0.25, 0.3) is 0 Å². The fraction of sp³-hybridized carbons (Fsp3) is 0.125. The molecule has 11 heavy (non-hydrogen) atoms. The van der Waals surface area contributed by atoms with Gasteiger partial charge in [0.15, 0.2) is 0 Å². The molecule has 1 aliphatic carbocycles. The minimum Gasteiger partial charge on any atom is -0.477 e. The van der Waals surface area contributed by atoms with Crippen molar-refractivity contribution in [1.82, 2.24) is 0 Å². The normalized spacial score (nSPS) is 13.5. The molecule has 1 aromatic heterocycles. The number of carboxylic acid groups (broad SMARTS) is 1. The number of thiophene rings is 1. The average Bonchev–Trinajstić information content (AvgIpc) is 2.40. The van der Waals surface area contributed by atoms with Crippen molar-refractivity contribution in [3.8, 4) is 0 Å². The van der Waals surface area contributed by atoms with Crippen LogP contribution >= 0.6 is 11.3 Å². The van der Waals surface area contributed by atoms with E-state index in [9.17, 15) is 4.79 Å². The second-order valence-electron chi connectivity index (χ2n) is 2.40. The molecule has 0 fully saturated rings. The maximum absolute atomic E-state index is 10.5. The zero-order valence-electron chi connectivity index (χ0n) is 5.70. The number of aromatic carboxylic acids is 1. The SMILES string of the molecule is O=C(O)c1cc2c(s1)CC=C2. The Balaban J connectivity index is 2.49. The van der Waals surface area contributed by atoms with E-state index >= 15 is 0 Å². The van der Waals surface area contributed by atoms with Gasteiger partial charge in [-0.15, -0.1) is 11.3 Å². The molecular formula is C8H6O2S. The zero-order valence-corrected chi connectivity index (χ0v) is 6.52. The topological polar surface area (TPSA) is 37.3 Å². The van der Waals surface area contributed by atoms with Crippen molar-refractivity contribution >= 4 is 23.4 Å². The molecule has 1 N–H and O–H groups in total. The summed E-state index contributed by atoms with van der Waals surface area (Å²) < 4.78 is 0. The molecule has 0 radical (unpaired) electrons. The number of carboxylic acids is 1. The molecule has 2 nitrogen and oxygen atoms in total. The van der Waals surface area contributed by atoms with E-state index in [-0.39, 0.29) is 0 Å². The highest BCUT2D eigenvalue weighted by Gasteiger charge is 2.13. The highest BCUT2D eigenvalue weighted by atomic mass is 32.1. The first-order valence-electron chi connectivity index (χ1n) is 3.30. The quantitative estimate of drug-likeness (QED) is 0.693. The van der Waals surface area contributed by atoms with Gasteiger partial charge in [0.05, 0.1) is 0 Å². The summed E-state index contributed by atoms with van der Waals surface area (Å²) in [4.78, 5) is 12.1. The first kappa shape index (κ1) is 6.61. The Hall–Kier alpha value is -1.09. The summed E-state index contributed by atoms with van der Waals surface area (Å²) in [6, 6.07) is 1.73. The number of allylic oxidation sites excluding steroid dienone is 1. The van der Waals surface area contributed by atoms with Crippen LogP contribution in [0, 0.1) is 0 Å². The van der Waals surface area contributed by atoms with Crippen molar-refractivity contribution in [2.45, 2.75) is 6.42 Å². The Morgan fingerprint density at radius 3 is 3.09 bits per heavy atom. The van der Waals surface area contributed by atoms with Crippen LogP contribution in [0.1, 0.15) is 20.1 Å². The third kappa shape index (κ3) is 0.973. The van der Waals surface area contributed by atoms with Gasteiger partial charge < -0.3 is 5.11 Å². The number of fused-ring (bicyclic) bond motifs is 1. The Morgan fingerprint density at radius 1 is 1.64 bits per heavy atom. The molecule has 56 valence electrons. The summed E-state index contributed by atoms with van der Waals surface area (Å²) >= 11 is 1.37. The third-order valence-electron chi connectivity index (χ3n) is 1.65. The van der Waals surface area contributed by atoms with Gasteiger partial charge >= 0.3 is 5.97 Å². The zero-order chi connectivity index (χ0) is 7.84. The van der Waals surface area contributed by atoms with Crippen molar-refractivity contribution in [3.05, 3.63) is 27.5 Å². The Kier molecular flexibility index (Phi) is 1.32. The molecule has 3 heteroatoms. The lowest BCUT2D eigenvalue weighted by atomic mass is 10.3. The van der Waals surface area contributed by atoms with Crippen molar-refractivity contribution in [2.24, 2.45) is 0 Å². The molecule has 0 saturated carbocycles. The molecule has 0 bridgehead atoms. The number of rotatable bonds is 1. The Labute approximate surface area is 67.8 Å². The molecule has 2 rings (SSSR count). The van der Waals surface area contributed by atoms with E-state index in [1.807, 2.05) is 12.2 Å². The molecule has 0 aromatic carbocycles. The van der Waals surface area contributed by atoms with E-state index in [4.69, 9.17) is 5.11 Å². The van der Waals surface area contributed by atoms with E-state index in [1.54, 1.807) is 6.07 Å². The van der Waals surface area contributed by atoms with Crippen LogP contribution in [-0.2, 0) is 6.42 Å². The summed E-state index contributed by atoms with van der Waals surface area (Å²) in [7, 11) is 0. The molecular weight excluding hydrogens is 160 g/mol. The van der Waals surface area contributed by atoms with Crippen molar-refractivity contribution in [1.29, 1.82) is 0 Å². The van der Waals surface area contributed by atoms with Crippen LogP contribution in [0.2, 0.25) is 0 Å². The van der Waals surface area contributed by atoms with Crippen molar-refractivity contribution in [2.75, 3.05) is 0 Å². The van der Waals surface area contributed by atoms with E-state index in [2.05, 4.69) is 0 Å². The van der Waals surface area contributed by atoms with Crippen LogP contribution < -0.4 is 0 Å². The van der Waals surface area contributed by atoms with Crippen LogP contribution in [0.4, 0.5) is 0 Å². The largest absolute Gasteiger partial charge is 0.477 e. The maximum atomic E-state index is 10.5. The van der Waals surface area contributed by atoms with Crippen molar-refractivity contribution in [3.63, 3.8) is 0 Å². The van der Waals surface area contributed by atoms with Crippen molar-refractivity contribution < 1.29 is 9.90 Å². The van der Waals surface area contributed by atoms with Gasteiger partial charge in [0.1, 0.15) is 4.88 Å². The maximum Gasteiger partial charge on any atom is 0.345 e. The molecule has 1 aliphatic rings. The smallest absolute Gasteiger partial charge is 0.345 e. The molecule has 0 saturated heterocycles. The first-order valence-corrected chi connectivity index (χ1v) is 4.11. The van der Waals surface area contributed by atoms with E-state index in [0.29, 0.717) is 4.88 Å². The predicted octanol–water partition coefficient (Wildman–Crippen LogP) is 2.02. The van der Waals surface area contributed by atoms with E-state index in [1.165, 1.54) is 16.2 Å². The fourth-order valence-electron chi connectivity index (χ4n) is 1.14. The Bertz CT molecular complexity index is 336. The lowest BCUT2D eigenvalue weighted by molar-refractivity contribution is 0.0702. The summed E-state index contributed by atoms with van der Waals surface area (Å²) in [6.45, 7) is 0. The van der Waals surface area contributed by atoms with Crippen LogP contribution in [0.15, 0.2) is 12.1 Å². The summed E-state index contributed by atoms with van der Waals surface area (Å²) in [6.07, 6.45) is 4.92. The number of hydrogen-bond acceptors (Lipinski definition) is 2. The molecule has 0 aliphatic heterocycles. The minimum atomic E-state index is -0.821. The van der Waals surface area contributed by atoms with Crippen LogP contribution in [0.3, 0.4) is 0 Å². The number of hydrogen-bond donors (Lipinski definition) is 1. The average molecular weight is 166 g/mol. The third-order valence-corrected chi connectivity index (χ3v) is 2.81. The highest BCUT2D eigenvalue weighted by Crippen LogP contribution is 2.28. The second-order valence-corrected chi connectivity index (χ2v) is 3.54. The molecule has 0 spiro atoms. The van der Waals surface area contributed by atoms with Gasteiger partial charge in [-0.2, -0.15) is 0 Å². The lowest BCUT2D eigenvalue weighted by Gasteiger charge is -1.82. The van der Waals surface area contributed by atoms with Crippen LogP contribution in [0.5, 0.6) is 0 Å². The molecule has 0 atom stereocenters. The number of carbonyl (C=O) groups is 1. The fourth-order valence-corrected chi connectivity index (χ4v) is 2.10. The van der Waals surface area contributed by atoms with E-state index < -0.39 is 5.97 Å². The second kappa shape index (κ2) is 2.20. The van der Waals surface area contributed by atoms with E-state index in [0.717, 1.165) is 12.0 Å². The lowest BCUT2D eigenvalue weighted by Crippen LogP contribution is -1.89. The summed E-state index contributed by atoms with van der Waals surface area (Å²) in [5, 5.41) is 8.63. The molecule has 1 aromatic rings. The summed E-state index contributed by atoms with van der Waals surface area (Å²) in [5.74, 6) is -0.821. The molecule has 0 amide bonds. The van der Waals surface area contributed by atoms with Gasteiger partial charge in [-0.1, -0.05) is 12.2 Å². The monoisotopic (exact) mass is 166 g/mol. The molecule has 1 heterocycles. The first-order chi connectivity index (χ1) is 5.27. The highest BCUT2D eigenvalue weighted by molar-refractivity contribution is 7.14. The van der Waals surface area contributed by atoms with Gasteiger partial charge in [0.2, 0.25) is 0 Å².